The van der Waals surface area contributed by atoms with Gasteiger partial charge in [-0.05, 0) is 18.7 Å². The molecule has 0 saturated carbocycles. The van der Waals surface area contributed by atoms with E-state index in [0.717, 1.165) is 19.6 Å². The zero-order chi connectivity index (χ0) is 10.2. The Kier molecular flexibility index (Phi) is 8.32. The molecule has 0 unspecified atom stereocenters. The molecule has 1 rings (SSSR count). The van der Waals surface area contributed by atoms with Crippen molar-refractivity contribution in [2.45, 2.75) is 13.5 Å². The Labute approximate surface area is 105 Å². The first-order valence-corrected chi connectivity index (χ1v) is 5.07. The van der Waals surface area contributed by atoms with E-state index in [-0.39, 0.29) is 18.9 Å². The van der Waals surface area contributed by atoms with E-state index in [1.54, 1.807) is 0 Å². The van der Waals surface area contributed by atoms with Gasteiger partial charge in [0, 0.05) is 6.54 Å². The summed E-state index contributed by atoms with van der Waals surface area (Å²) in [7, 11) is 0. The third-order valence-corrected chi connectivity index (χ3v) is 2.23. The fourth-order valence-electron chi connectivity index (χ4n) is 1.37. The number of nitrogens with zero attached hydrogens (tertiary/aromatic N) is 1. The van der Waals surface area contributed by atoms with E-state index in [9.17, 15) is 0 Å². The van der Waals surface area contributed by atoms with E-state index in [4.69, 9.17) is 0 Å². The maximum Gasteiger partial charge on any atom is 1.00 e. The predicted molar refractivity (Wildman–Crippen MR) is 61.9 cm³/mol. The van der Waals surface area contributed by atoms with Gasteiger partial charge in [-0.2, -0.15) is 0 Å². The maximum atomic E-state index is 3.69. The minimum atomic E-state index is 0. The standard InChI is InChI=1S/C13H18N.Li/c1-3-5-11-14(4-2)12-13-9-7-6-8-10-13;/h3,5-10H,1,4,11-12H2,2H3;/q-1;+1. The first-order valence-electron chi connectivity index (χ1n) is 5.07. The van der Waals surface area contributed by atoms with Crippen LogP contribution in [0.1, 0.15) is 12.5 Å². The van der Waals surface area contributed by atoms with Gasteiger partial charge in [0.1, 0.15) is 0 Å². The second kappa shape index (κ2) is 8.68. The van der Waals surface area contributed by atoms with Crippen molar-refractivity contribution in [1.82, 2.24) is 4.90 Å². The molecule has 0 aliphatic carbocycles. The predicted octanol–water partition coefficient (Wildman–Crippen LogP) is -0.0972. The molecule has 0 amide bonds. The van der Waals surface area contributed by atoms with Crippen molar-refractivity contribution < 1.29 is 18.9 Å². The van der Waals surface area contributed by atoms with Crippen LogP contribution in [0.5, 0.6) is 0 Å². The van der Waals surface area contributed by atoms with Crippen molar-refractivity contribution in [2.75, 3.05) is 13.1 Å². The number of rotatable bonds is 5. The zero-order valence-electron chi connectivity index (χ0n) is 9.82. The normalized spacial score (nSPS) is 10.5. The van der Waals surface area contributed by atoms with Crippen molar-refractivity contribution in [2.24, 2.45) is 0 Å². The fourth-order valence-corrected chi connectivity index (χ4v) is 1.37. The molecule has 0 bridgehead atoms. The summed E-state index contributed by atoms with van der Waals surface area (Å²) in [6.07, 6.45) is 3.94. The van der Waals surface area contributed by atoms with E-state index in [1.807, 2.05) is 6.08 Å². The number of hydrogen-bond donors (Lipinski definition) is 0. The Morgan fingerprint density at radius 2 is 1.93 bits per heavy atom. The minimum Gasteiger partial charge on any atom is -0.312 e. The zero-order valence-corrected chi connectivity index (χ0v) is 9.82. The summed E-state index contributed by atoms with van der Waals surface area (Å²) >= 11 is 0. The topological polar surface area (TPSA) is 3.24 Å². The third-order valence-electron chi connectivity index (χ3n) is 2.23. The molecule has 0 aromatic heterocycles. The van der Waals surface area contributed by atoms with Crippen LogP contribution in [0, 0.1) is 6.92 Å². The van der Waals surface area contributed by atoms with Crippen LogP contribution in [0.25, 0.3) is 0 Å². The average Bonchev–Trinajstić information content (AvgIpc) is 2.25. The first kappa shape index (κ1) is 14.4. The average molecular weight is 195 g/mol. The quantitative estimate of drug-likeness (QED) is 0.468. The van der Waals surface area contributed by atoms with Crippen LogP contribution in [0.15, 0.2) is 42.5 Å². The van der Waals surface area contributed by atoms with E-state index in [1.165, 1.54) is 5.56 Å². The van der Waals surface area contributed by atoms with Gasteiger partial charge in [0.05, 0.1) is 0 Å². The Morgan fingerprint density at radius 3 is 2.47 bits per heavy atom. The molecule has 0 radical (unpaired) electrons. The van der Waals surface area contributed by atoms with Crippen LogP contribution in [-0.2, 0) is 6.54 Å². The summed E-state index contributed by atoms with van der Waals surface area (Å²) in [6, 6.07) is 10.5. The molecular formula is C13H18LiN. The van der Waals surface area contributed by atoms with Crippen LogP contribution in [-0.4, -0.2) is 18.0 Å². The minimum absolute atomic E-state index is 0. The van der Waals surface area contributed by atoms with E-state index >= 15 is 0 Å². The molecule has 1 aromatic rings. The summed E-state index contributed by atoms with van der Waals surface area (Å²) in [5.74, 6) is 0. The van der Waals surface area contributed by atoms with Crippen LogP contribution in [0.2, 0.25) is 0 Å². The molecule has 76 valence electrons. The van der Waals surface area contributed by atoms with Crippen molar-refractivity contribution in [3.05, 3.63) is 55.0 Å². The van der Waals surface area contributed by atoms with Gasteiger partial charge in [0.25, 0.3) is 0 Å². The van der Waals surface area contributed by atoms with Gasteiger partial charge in [-0.15, -0.1) is 0 Å². The maximum absolute atomic E-state index is 3.69. The van der Waals surface area contributed by atoms with Gasteiger partial charge in [0.2, 0.25) is 0 Å². The van der Waals surface area contributed by atoms with Crippen molar-refractivity contribution in [1.29, 1.82) is 0 Å². The Morgan fingerprint density at radius 1 is 1.27 bits per heavy atom. The summed E-state index contributed by atoms with van der Waals surface area (Å²) in [5.41, 5.74) is 1.37. The monoisotopic (exact) mass is 195 g/mol. The van der Waals surface area contributed by atoms with Crippen LogP contribution in [0.4, 0.5) is 0 Å². The Hall–Kier alpha value is -0.613. The number of allylic oxidation sites excluding steroid dienone is 1. The summed E-state index contributed by atoms with van der Waals surface area (Å²) in [4.78, 5) is 2.37. The van der Waals surface area contributed by atoms with Crippen LogP contribution >= 0.6 is 0 Å². The smallest absolute Gasteiger partial charge is 0.312 e. The summed E-state index contributed by atoms with van der Waals surface area (Å²) in [6.45, 7) is 8.94. The van der Waals surface area contributed by atoms with Crippen molar-refractivity contribution in [3.63, 3.8) is 0 Å². The molecule has 1 aromatic carbocycles. The number of benzene rings is 1. The molecular weight excluding hydrogens is 177 g/mol. The molecule has 0 aliphatic rings. The molecule has 0 spiro atoms. The van der Waals surface area contributed by atoms with E-state index in [2.05, 4.69) is 55.2 Å². The summed E-state index contributed by atoms with van der Waals surface area (Å²) in [5, 5.41) is 0. The molecule has 0 heterocycles. The third kappa shape index (κ3) is 5.74. The molecule has 1 nitrogen and oxygen atoms in total. The van der Waals surface area contributed by atoms with Crippen LogP contribution < -0.4 is 18.9 Å². The molecule has 0 saturated heterocycles. The van der Waals surface area contributed by atoms with E-state index < -0.39 is 0 Å². The number of hydrogen-bond acceptors (Lipinski definition) is 1. The molecule has 0 aliphatic heterocycles. The molecule has 15 heavy (non-hydrogen) atoms. The van der Waals surface area contributed by atoms with Gasteiger partial charge >= 0.3 is 18.9 Å². The second-order valence-corrected chi connectivity index (χ2v) is 3.28. The van der Waals surface area contributed by atoms with Gasteiger partial charge in [-0.3, -0.25) is 0 Å². The van der Waals surface area contributed by atoms with Crippen molar-refractivity contribution >= 4 is 0 Å². The van der Waals surface area contributed by atoms with Crippen LogP contribution in [0.3, 0.4) is 0 Å². The fraction of sp³-hybridized carbons (Fsp3) is 0.308. The van der Waals surface area contributed by atoms with Crippen molar-refractivity contribution in [3.8, 4) is 0 Å². The SMILES string of the molecule is [CH2-]C=CCN(CC)Cc1ccccc1.[Li+]. The molecule has 2 heteroatoms. The van der Waals surface area contributed by atoms with Gasteiger partial charge in [-0.1, -0.05) is 37.3 Å². The number of likely N-dealkylation sites (N-methyl/N-ethyl adjacent to an activating group) is 1. The Bertz CT molecular complexity index is 269. The first-order chi connectivity index (χ1) is 6.86. The molecule has 0 fully saturated rings. The second-order valence-electron chi connectivity index (χ2n) is 3.28. The van der Waals surface area contributed by atoms with Gasteiger partial charge in [0.15, 0.2) is 0 Å². The van der Waals surface area contributed by atoms with E-state index in [0.29, 0.717) is 0 Å². The molecule has 0 N–H and O–H groups in total. The van der Waals surface area contributed by atoms with Gasteiger partial charge < -0.3 is 4.90 Å². The summed E-state index contributed by atoms with van der Waals surface area (Å²) < 4.78 is 0. The van der Waals surface area contributed by atoms with Gasteiger partial charge in [-0.25, -0.2) is 19.1 Å². The molecule has 0 atom stereocenters. The Balaban J connectivity index is 0.00000196. The largest absolute Gasteiger partial charge is 1.00 e.